The second kappa shape index (κ2) is 8.33. The van der Waals surface area contributed by atoms with Gasteiger partial charge < -0.3 is 5.11 Å². The molecule has 1 N–H and O–H groups in total. The summed E-state index contributed by atoms with van der Waals surface area (Å²) in [6.45, 7) is 0. The van der Waals surface area contributed by atoms with Gasteiger partial charge in [0.05, 0.1) is 10.9 Å². The molecule has 29 heavy (non-hydrogen) atoms. The Labute approximate surface area is 187 Å². The number of benzene rings is 3. The van der Waals surface area contributed by atoms with Crippen molar-refractivity contribution in [2.24, 2.45) is 0 Å². The molecule has 3 aromatic carbocycles. The Hall–Kier alpha value is -2.11. The number of carbonyl (C=O) groups is 1. The van der Waals surface area contributed by atoms with Gasteiger partial charge in [0.2, 0.25) is 0 Å². The molecule has 1 amide bonds. The van der Waals surface area contributed by atoms with Crippen LogP contribution in [0.25, 0.3) is 0 Å². The molecule has 0 fully saturated rings. The largest absolute Gasteiger partial charge is 0.502 e. The minimum atomic E-state index is -0.526. The van der Waals surface area contributed by atoms with Crippen molar-refractivity contribution in [3.63, 3.8) is 0 Å². The minimum Gasteiger partial charge on any atom is -0.502 e. The average molecular weight is 463 g/mol. The molecule has 0 aliphatic carbocycles. The normalized spacial score (nSPS) is 16.6. The van der Waals surface area contributed by atoms with Gasteiger partial charge in [-0.2, -0.15) is 0 Å². The summed E-state index contributed by atoms with van der Waals surface area (Å²) in [5, 5.41) is 12.4. The molecule has 7 heteroatoms. The van der Waals surface area contributed by atoms with Gasteiger partial charge in [-0.15, -0.1) is 0 Å². The highest BCUT2D eigenvalue weighted by Gasteiger charge is 2.42. The van der Waals surface area contributed by atoms with Gasteiger partial charge in [-0.3, -0.25) is 9.69 Å². The molecule has 3 aromatic rings. The van der Waals surface area contributed by atoms with Gasteiger partial charge in [-0.05, 0) is 54.1 Å². The lowest BCUT2D eigenvalue weighted by atomic mass is 10.1. The summed E-state index contributed by atoms with van der Waals surface area (Å²) in [4.78, 5) is 15.9. The molecule has 0 bridgehead atoms. The Morgan fingerprint density at radius 2 is 1.48 bits per heavy atom. The third-order valence-electron chi connectivity index (χ3n) is 4.46. The highest BCUT2D eigenvalue weighted by Crippen LogP contribution is 2.48. The first-order valence-electron chi connectivity index (χ1n) is 8.65. The molecule has 0 saturated carbocycles. The summed E-state index contributed by atoms with van der Waals surface area (Å²) in [5.41, 5.74) is 1.41. The summed E-state index contributed by atoms with van der Waals surface area (Å²) in [7, 11) is 0. The van der Waals surface area contributed by atoms with Crippen molar-refractivity contribution in [3.05, 3.63) is 104 Å². The van der Waals surface area contributed by atoms with Crippen LogP contribution in [0.3, 0.4) is 0 Å². The van der Waals surface area contributed by atoms with Crippen molar-refractivity contribution in [2.45, 2.75) is 10.9 Å². The first kappa shape index (κ1) is 20.2. The van der Waals surface area contributed by atoms with Gasteiger partial charge >= 0.3 is 0 Å². The standard InChI is InChI=1S/C22H14Cl3NO2S/c23-14-9-7-13(8-10-14)19-21(29-18-6-2-4-16(25)12-18)20(27)22(28)26(19)17-5-1-3-15(24)11-17/h1-12,19,27H. The second-order valence-corrected chi connectivity index (χ2v) is 8.81. The van der Waals surface area contributed by atoms with Crippen molar-refractivity contribution in [1.82, 2.24) is 0 Å². The summed E-state index contributed by atoms with van der Waals surface area (Å²) in [6, 6.07) is 20.9. The summed E-state index contributed by atoms with van der Waals surface area (Å²) >= 11 is 19.6. The maximum Gasteiger partial charge on any atom is 0.294 e. The van der Waals surface area contributed by atoms with E-state index in [-0.39, 0.29) is 5.76 Å². The van der Waals surface area contributed by atoms with E-state index >= 15 is 0 Å². The molecule has 0 spiro atoms. The van der Waals surface area contributed by atoms with Crippen LogP contribution in [-0.4, -0.2) is 11.0 Å². The number of rotatable bonds is 4. The molecule has 1 atom stereocenters. The maximum absolute atomic E-state index is 13.0. The predicted octanol–water partition coefficient (Wildman–Crippen LogP) is 7.30. The third kappa shape index (κ3) is 4.12. The SMILES string of the molecule is O=C1C(O)=C(Sc2cccc(Cl)c2)C(c2ccc(Cl)cc2)N1c1cccc(Cl)c1. The van der Waals surface area contributed by atoms with Crippen molar-refractivity contribution in [2.75, 3.05) is 4.90 Å². The molecule has 1 heterocycles. The van der Waals surface area contributed by atoms with E-state index in [0.29, 0.717) is 25.7 Å². The van der Waals surface area contributed by atoms with Crippen LogP contribution in [0.5, 0.6) is 0 Å². The number of halogens is 3. The van der Waals surface area contributed by atoms with E-state index in [0.717, 1.165) is 10.5 Å². The van der Waals surface area contributed by atoms with Gasteiger partial charge in [0.15, 0.2) is 5.76 Å². The molecular formula is C22H14Cl3NO2S. The zero-order valence-electron chi connectivity index (χ0n) is 14.9. The predicted molar refractivity (Wildman–Crippen MR) is 120 cm³/mol. The molecular weight excluding hydrogens is 449 g/mol. The van der Waals surface area contributed by atoms with Gasteiger partial charge in [0.25, 0.3) is 5.91 Å². The molecule has 3 nitrogen and oxygen atoms in total. The molecule has 0 radical (unpaired) electrons. The van der Waals surface area contributed by atoms with Crippen molar-refractivity contribution >= 4 is 58.2 Å². The Morgan fingerprint density at radius 1 is 0.828 bits per heavy atom. The Balaban J connectivity index is 1.83. The zero-order chi connectivity index (χ0) is 20.5. The lowest BCUT2D eigenvalue weighted by molar-refractivity contribution is -0.117. The van der Waals surface area contributed by atoms with Gasteiger partial charge in [0, 0.05) is 25.7 Å². The van der Waals surface area contributed by atoms with E-state index in [9.17, 15) is 9.90 Å². The molecule has 1 unspecified atom stereocenters. The maximum atomic E-state index is 13.0. The van der Waals surface area contributed by atoms with Crippen LogP contribution < -0.4 is 4.90 Å². The van der Waals surface area contributed by atoms with Crippen LogP contribution in [0.1, 0.15) is 11.6 Å². The van der Waals surface area contributed by atoms with Gasteiger partial charge in [0.1, 0.15) is 0 Å². The van der Waals surface area contributed by atoms with Gasteiger partial charge in [-0.1, -0.05) is 70.8 Å². The number of nitrogens with zero attached hydrogens (tertiary/aromatic N) is 1. The lowest BCUT2D eigenvalue weighted by Gasteiger charge is -2.27. The molecule has 1 aliphatic heterocycles. The smallest absolute Gasteiger partial charge is 0.294 e. The monoisotopic (exact) mass is 461 g/mol. The van der Waals surface area contributed by atoms with Crippen molar-refractivity contribution in [1.29, 1.82) is 0 Å². The van der Waals surface area contributed by atoms with E-state index in [4.69, 9.17) is 34.8 Å². The van der Waals surface area contributed by atoms with E-state index in [1.165, 1.54) is 16.7 Å². The fourth-order valence-electron chi connectivity index (χ4n) is 3.18. The molecule has 146 valence electrons. The summed E-state index contributed by atoms with van der Waals surface area (Å²) < 4.78 is 0. The van der Waals surface area contributed by atoms with Crippen molar-refractivity contribution < 1.29 is 9.90 Å². The van der Waals surface area contributed by atoms with Gasteiger partial charge in [-0.25, -0.2) is 0 Å². The number of aliphatic hydroxyl groups excluding tert-OH is 1. The number of anilines is 1. The number of amides is 1. The summed E-state index contributed by atoms with van der Waals surface area (Å²) in [5.74, 6) is -0.786. The first-order valence-corrected chi connectivity index (χ1v) is 10.6. The van der Waals surface area contributed by atoms with Crippen LogP contribution in [0.4, 0.5) is 5.69 Å². The van der Waals surface area contributed by atoms with E-state index in [2.05, 4.69) is 0 Å². The van der Waals surface area contributed by atoms with E-state index < -0.39 is 11.9 Å². The quantitative estimate of drug-likeness (QED) is 0.442. The van der Waals surface area contributed by atoms with E-state index in [1.807, 2.05) is 24.3 Å². The number of aliphatic hydroxyl groups is 1. The first-order chi connectivity index (χ1) is 13.9. The number of thioether (sulfide) groups is 1. The number of hydrogen-bond donors (Lipinski definition) is 1. The second-order valence-electron chi connectivity index (χ2n) is 6.38. The minimum absolute atomic E-state index is 0.296. The Kier molecular flexibility index (Phi) is 5.79. The van der Waals surface area contributed by atoms with Crippen LogP contribution in [0.2, 0.25) is 15.1 Å². The number of hydrogen-bond acceptors (Lipinski definition) is 3. The highest BCUT2D eigenvalue weighted by atomic mass is 35.5. The fraction of sp³-hybridized carbons (Fsp3) is 0.0455. The number of carbonyl (C=O) groups excluding carboxylic acids is 1. The van der Waals surface area contributed by atoms with Crippen molar-refractivity contribution in [3.8, 4) is 0 Å². The molecule has 0 aromatic heterocycles. The fourth-order valence-corrected chi connectivity index (χ4v) is 4.87. The third-order valence-corrected chi connectivity index (χ3v) is 6.31. The lowest BCUT2D eigenvalue weighted by Crippen LogP contribution is -2.30. The Morgan fingerprint density at radius 3 is 2.14 bits per heavy atom. The molecule has 1 aliphatic rings. The zero-order valence-corrected chi connectivity index (χ0v) is 17.9. The Bertz CT molecular complexity index is 1120. The van der Waals surface area contributed by atoms with Crippen LogP contribution in [0.15, 0.2) is 88.4 Å². The average Bonchev–Trinajstić information content (AvgIpc) is 2.94. The topological polar surface area (TPSA) is 40.5 Å². The van der Waals surface area contributed by atoms with Crippen LogP contribution >= 0.6 is 46.6 Å². The van der Waals surface area contributed by atoms with Crippen LogP contribution in [0, 0.1) is 0 Å². The van der Waals surface area contributed by atoms with Crippen LogP contribution in [-0.2, 0) is 4.79 Å². The molecule has 0 saturated heterocycles. The summed E-state index contributed by atoms with van der Waals surface area (Å²) in [6.07, 6.45) is 0. The van der Waals surface area contributed by atoms with E-state index in [1.54, 1.807) is 48.5 Å². The molecule has 4 rings (SSSR count). The highest BCUT2D eigenvalue weighted by molar-refractivity contribution is 8.03.